The number of aliphatic imine (C=N–C) groups is 1. The highest BCUT2D eigenvalue weighted by Crippen LogP contribution is 2.46. The summed E-state index contributed by atoms with van der Waals surface area (Å²) in [5, 5.41) is 7.73. The van der Waals surface area contributed by atoms with E-state index in [1.165, 1.54) is 90.4 Å². The van der Waals surface area contributed by atoms with E-state index in [0.29, 0.717) is 11.8 Å². The van der Waals surface area contributed by atoms with Crippen molar-refractivity contribution in [1.82, 2.24) is 4.57 Å². The van der Waals surface area contributed by atoms with Crippen LogP contribution in [0.5, 0.6) is 0 Å². The summed E-state index contributed by atoms with van der Waals surface area (Å²) in [6, 6.07) is 40.9. The van der Waals surface area contributed by atoms with E-state index in [9.17, 15) is 0 Å². The number of aryl methyl sites for hydroxylation is 1. The van der Waals surface area contributed by atoms with Crippen LogP contribution in [0.2, 0.25) is 0 Å². The maximum Gasteiger partial charge on any atom is 0.0668 e. The molecule has 3 unspecified atom stereocenters. The van der Waals surface area contributed by atoms with Crippen LogP contribution < -0.4 is 0 Å². The third-order valence-corrected chi connectivity index (χ3v) is 12.3. The molecule has 6 aromatic carbocycles. The molecule has 0 bridgehead atoms. The van der Waals surface area contributed by atoms with Crippen LogP contribution in [0.1, 0.15) is 61.8 Å². The highest BCUT2D eigenvalue weighted by Gasteiger charge is 2.33. The van der Waals surface area contributed by atoms with Gasteiger partial charge in [0.2, 0.25) is 0 Å². The quantitative estimate of drug-likeness (QED) is 0.0975. The molecule has 7 aromatic rings. The maximum atomic E-state index is 5.35. The van der Waals surface area contributed by atoms with Crippen molar-refractivity contribution < 1.29 is 0 Å². The molecule has 0 spiro atoms. The molecule has 3 aliphatic carbocycles. The number of hydrogen-bond donors (Lipinski definition) is 0. The normalized spacial score (nSPS) is 20.1. The molecule has 0 saturated heterocycles. The van der Waals surface area contributed by atoms with Crippen molar-refractivity contribution in [2.24, 2.45) is 16.8 Å². The average Bonchev–Trinajstić information content (AvgIpc) is 3.54. The summed E-state index contributed by atoms with van der Waals surface area (Å²) in [5.74, 6) is 1.15. The SMILES string of the molecule is C/C(=N\c1ccc2ccc3ccccc3c2c1C)c1ccc2c3cc(C4=CCCC=C4)c(-c4ccccc4)cc3n(C3C=CCC4CCC=CC43)c2c1. The third-order valence-electron chi connectivity index (χ3n) is 12.3. The van der Waals surface area contributed by atoms with Crippen LogP contribution in [0, 0.1) is 18.8 Å². The van der Waals surface area contributed by atoms with Crippen molar-refractivity contribution in [2.45, 2.75) is 52.0 Å². The van der Waals surface area contributed by atoms with Crippen LogP contribution in [0.15, 0.2) is 157 Å². The highest BCUT2D eigenvalue weighted by molar-refractivity contribution is 6.14. The second-order valence-electron chi connectivity index (χ2n) is 15.3. The van der Waals surface area contributed by atoms with Crippen LogP contribution in [-0.2, 0) is 0 Å². The van der Waals surface area contributed by atoms with Gasteiger partial charge in [0.15, 0.2) is 0 Å². The van der Waals surface area contributed by atoms with Gasteiger partial charge in [-0.3, -0.25) is 4.99 Å². The van der Waals surface area contributed by atoms with Gasteiger partial charge in [0, 0.05) is 22.4 Å². The monoisotopic (exact) mass is 684 g/mol. The standard InChI is InChI=1S/C51H44N2/c1-33-47(29-27-39-25-24-38-19-10-12-22-42(38)51(33)39)52-34(2)40-26-28-43-46-31-44(36-14-5-3-6-15-36)45(37-16-7-4-8-17-37)32-50(46)53(49(43)30-40)48-23-13-20-35-18-9-11-21-41(35)48/h4-5,7-8,10-17,19,21-32,35,41,48H,3,6,9,18,20H2,1-2H3/b52-34+. The Labute approximate surface area is 312 Å². The zero-order valence-corrected chi connectivity index (χ0v) is 30.6. The fourth-order valence-corrected chi connectivity index (χ4v) is 9.54. The van der Waals surface area contributed by atoms with Crippen LogP contribution in [0.25, 0.3) is 60.1 Å². The molecule has 0 radical (unpaired) electrons. The lowest BCUT2D eigenvalue weighted by Crippen LogP contribution is -2.28. The van der Waals surface area contributed by atoms with Gasteiger partial charge in [0.1, 0.15) is 0 Å². The largest absolute Gasteiger partial charge is 0.333 e. The molecule has 0 aliphatic heterocycles. The van der Waals surface area contributed by atoms with E-state index in [1.54, 1.807) is 0 Å². The highest BCUT2D eigenvalue weighted by atomic mass is 15.0. The summed E-state index contributed by atoms with van der Waals surface area (Å²) in [7, 11) is 0. The number of benzene rings is 6. The molecule has 0 saturated carbocycles. The van der Waals surface area contributed by atoms with Gasteiger partial charge in [-0.15, -0.1) is 0 Å². The topological polar surface area (TPSA) is 17.3 Å². The van der Waals surface area contributed by atoms with E-state index < -0.39 is 0 Å². The van der Waals surface area contributed by atoms with Gasteiger partial charge in [-0.2, -0.15) is 0 Å². The minimum Gasteiger partial charge on any atom is -0.333 e. The van der Waals surface area contributed by atoms with Gasteiger partial charge in [-0.1, -0.05) is 127 Å². The van der Waals surface area contributed by atoms with E-state index >= 15 is 0 Å². The minimum atomic E-state index is 0.247. The molecule has 2 heteroatoms. The summed E-state index contributed by atoms with van der Waals surface area (Å²) >= 11 is 0. The van der Waals surface area contributed by atoms with Crippen LogP contribution >= 0.6 is 0 Å². The van der Waals surface area contributed by atoms with Crippen molar-refractivity contribution in [1.29, 1.82) is 0 Å². The number of allylic oxidation sites excluding steroid dienone is 8. The molecule has 258 valence electrons. The molecule has 53 heavy (non-hydrogen) atoms. The first-order valence-corrected chi connectivity index (χ1v) is 19.5. The van der Waals surface area contributed by atoms with Crippen LogP contribution in [0.3, 0.4) is 0 Å². The molecule has 3 atom stereocenters. The van der Waals surface area contributed by atoms with E-state index in [2.05, 4.69) is 170 Å². The molecule has 0 amide bonds. The Balaban J connectivity index is 1.20. The summed E-state index contributed by atoms with van der Waals surface area (Å²) < 4.78 is 2.68. The van der Waals surface area contributed by atoms with Gasteiger partial charge < -0.3 is 4.57 Å². The van der Waals surface area contributed by atoms with E-state index in [4.69, 9.17) is 4.99 Å². The van der Waals surface area contributed by atoms with E-state index in [1.807, 2.05) is 0 Å². The van der Waals surface area contributed by atoms with Gasteiger partial charge in [0.05, 0.1) is 22.8 Å². The lowest BCUT2D eigenvalue weighted by molar-refractivity contribution is 0.284. The molecular formula is C51H44N2. The van der Waals surface area contributed by atoms with Gasteiger partial charge >= 0.3 is 0 Å². The Bertz CT molecular complexity index is 2730. The predicted octanol–water partition coefficient (Wildman–Crippen LogP) is 14.0. The fourth-order valence-electron chi connectivity index (χ4n) is 9.54. The minimum absolute atomic E-state index is 0.247. The molecular weight excluding hydrogens is 641 g/mol. The summed E-state index contributed by atoms with van der Waals surface area (Å²) in [6.07, 6.45) is 22.8. The zero-order valence-electron chi connectivity index (χ0n) is 30.6. The maximum absolute atomic E-state index is 5.35. The summed E-state index contributed by atoms with van der Waals surface area (Å²) in [6.45, 7) is 4.40. The van der Waals surface area contributed by atoms with Crippen molar-refractivity contribution >= 4 is 60.3 Å². The Morgan fingerprint density at radius 1 is 0.679 bits per heavy atom. The second kappa shape index (κ2) is 13.0. The van der Waals surface area contributed by atoms with Gasteiger partial charge in [-0.05, 0) is 131 Å². The first-order chi connectivity index (χ1) is 26.1. The van der Waals surface area contributed by atoms with Gasteiger partial charge in [-0.25, -0.2) is 0 Å². The third kappa shape index (κ3) is 5.43. The number of rotatable bonds is 5. The van der Waals surface area contributed by atoms with Crippen LogP contribution in [0.4, 0.5) is 5.69 Å². The fraction of sp³-hybridized carbons (Fsp3) is 0.196. The Hall–Kier alpha value is -5.73. The average molecular weight is 685 g/mol. The first-order valence-electron chi connectivity index (χ1n) is 19.5. The number of nitrogens with zero attached hydrogens (tertiary/aromatic N) is 2. The van der Waals surface area contributed by atoms with Crippen molar-refractivity contribution in [3.05, 3.63) is 168 Å². The molecule has 0 N–H and O–H groups in total. The number of aromatic nitrogens is 1. The van der Waals surface area contributed by atoms with Crippen molar-refractivity contribution in [3.8, 4) is 11.1 Å². The van der Waals surface area contributed by atoms with Gasteiger partial charge in [0.25, 0.3) is 0 Å². The molecule has 10 rings (SSSR count). The lowest BCUT2D eigenvalue weighted by Gasteiger charge is -2.37. The first kappa shape index (κ1) is 32.0. The van der Waals surface area contributed by atoms with Crippen molar-refractivity contribution in [2.75, 3.05) is 0 Å². The number of hydrogen-bond acceptors (Lipinski definition) is 1. The summed E-state index contributed by atoms with van der Waals surface area (Å²) in [4.78, 5) is 5.35. The molecule has 3 aliphatic rings. The summed E-state index contributed by atoms with van der Waals surface area (Å²) in [5.41, 5.74) is 12.2. The Kier molecular flexibility index (Phi) is 7.86. The number of fused-ring (bicyclic) bond motifs is 7. The predicted molar refractivity (Wildman–Crippen MR) is 227 cm³/mol. The second-order valence-corrected chi connectivity index (χ2v) is 15.3. The Morgan fingerprint density at radius 2 is 1.51 bits per heavy atom. The Morgan fingerprint density at radius 3 is 2.40 bits per heavy atom. The molecule has 1 aromatic heterocycles. The molecule has 1 heterocycles. The van der Waals surface area contributed by atoms with E-state index in [-0.39, 0.29) is 6.04 Å². The smallest absolute Gasteiger partial charge is 0.0668 e. The zero-order chi connectivity index (χ0) is 35.5. The molecule has 0 fully saturated rings. The van der Waals surface area contributed by atoms with Crippen molar-refractivity contribution in [3.63, 3.8) is 0 Å². The molecule has 2 nitrogen and oxygen atoms in total. The van der Waals surface area contributed by atoms with E-state index in [0.717, 1.165) is 29.8 Å². The lowest BCUT2D eigenvalue weighted by atomic mass is 9.74. The van der Waals surface area contributed by atoms with Crippen LogP contribution in [-0.4, -0.2) is 10.3 Å².